The Bertz CT molecular complexity index is 845. The summed E-state index contributed by atoms with van der Waals surface area (Å²) in [6.45, 7) is 0. The number of hydrogen-bond donors (Lipinski definition) is 3. The quantitative estimate of drug-likeness (QED) is 0.463. The number of hydrogen-bond acceptors (Lipinski definition) is 5. The molecule has 3 N–H and O–H groups in total. The highest BCUT2D eigenvalue weighted by Crippen LogP contribution is 2.29. The Labute approximate surface area is 162 Å². The Morgan fingerprint density at radius 1 is 1.33 bits per heavy atom. The predicted molar refractivity (Wildman–Crippen MR) is 102 cm³/mol. The SMILES string of the molecule is COc1ccc(NC(=O)CCCC[C@@H]2[C@@H]3NC(=O)N[C@@H]3CS2(=O)=O)cc1Cl. The third kappa shape index (κ3) is 4.47. The van der Waals surface area contributed by atoms with E-state index in [2.05, 4.69) is 16.0 Å². The summed E-state index contributed by atoms with van der Waals surface area (Å²) in [6.07, 6.45) is 1.84. The van der Waals surface area contributed by atoms with Crippen molar-refractivity contribution in [2.75, 3.05) is 18.2 Å². The van der Waals surface area contributed by atoms with Gasteiger partial charge in [-0.3, -0.25) is 4.79 Å². The Kier molecular flexibility index (Phi) is 5.81. The van der Waals surface area contributed by atoms with Crippen molar-refractivity contribution in [3.63, 3.8) is 0 Å². The van der Waals surface area contributed by atoms with Gasteiger partial charge in [-0.25, -0.2) is 13.2 Å². The highest BCUT2D eigenvalue weighted by molar-refractivity contribution is 7.92. The number of fused-ring (bicyclic) bond motifs is 1. The van der Waals surface area contributed by atoms with Crippen molar-refractivity contribution in [1.82, 2.24) is 10.6 Å². The first-order valence-corrected chi connectivity index (χ1v) is 10.8. The van der Waals surface area contributed by atoms with E-state index in [1.165, 1.54) is 7.11 Å². The van der Waals surface area contributed by atoms with Crippen LogP contribution in [0, 0.1) is 0 Å². The molecule has 0 spiro atoms. The molecular weight excluding hydrogens is 394 g/mol. The largest absolute Gasteiger partial charge is 0.495 e. The molecule has 1 aromatic rings. The lowest BCUT2D eigenvalue weighted by atomic mass is 10.0. The second-order valence-electron chi connectivity index (χ2n) is 6.76. The molecule has 2 saturated heterocycles. The number of sulfone groups is 1. The van der Waals surface area contributed by atoms with Crippen molar-refractivity contribution in [2.45, 2.75) is 43.0 Å². The minimum atomic E-state index is -3.23. The summed E-state index contributed by atoms with van der Waals surface area (Å²) in [6, 6.07) is 3.93. The third-order valence-electron chi connectivity index (χ3n) is 4.90. The lowest BCUT2D eigenvalue weighted by Crippen LogP contribution is -2.39. The fraction of sp³-hybridized carbons (Fsp3) is 0.529. The molecule has 0 aromatic heterocycles. The summed E-state index contributed by atoms with van der Waals surface area (Å²) < 4.78 is 29.5. The first-order chi connectivity index (χ1) is 12.8. The van der Waals surface area contributed by atoms with Gasteiger partial charge in [0.1, 0.15) is 5.75 Å². The van der Waals surface area contributed by atoms with Crippen LogP contribution in [0.15, 0.2) is 18.2 Å². The summed E-state index contributed by atoms with van der Waals surface area (Å²) in [4.78, 5) is 23.4. The molecule has 3 atom stereocenters. The van der Waals surface area contributed by atoms with Gasteiger partial charge in [-0.1, -0.05) is 18.0 Å². The minimum absolute atomic E-state index is 0.0280. The van der Waals surface area contributed by atoms with Crippen LogP contribution in [0.25, 0.3) is 0 Å². The number of anilines is 1. The van der Waals surface area contributed by atoms with Crippen molar-refractivity contribution in [1.29, 1.82) is 0 Å². The van der Waals surface area contributed by atoms with Gasteiger partial charge in [-0.2, -0.15) is 0 Å². The number of unbranched alkanes of at least 4 members (excludes halogenated alkanes) is 1. The van der Waals surface area contributed by atoms with Crippen LogP contribution >= 0.6 is 11.6 Å². The highest BCUT2D eigenvalue weighted by atomic mass is 35.5. The van der Waals surface area contributed by atoms with Gasteiger partial charge in [-0.05, 0) is 31.0 Å². The van der Waals surface area contributed by atoms with Crippen LogP contribution in [0.1, 0.15) is 25.7 Å². The molecule has 2 aliphatic heterocycles. The van der Waals surface area contributed by atoms with Gasteiger partial charge >= 0.3 is 6.03 Å². The first-order valence-electron chi connectivity index (χ1n) is 8.72. The van der Waals surface area contributed by atoms with Crippen molar-refractivity contribution in [3.8, 4) is 5.75 Å². The average molecular weight is 416 g/mol. The molecule has 0 saturated carbocycles. The number of carbonyl (C=O) groups excluding carboxylic acids is 2. The van der Waals surface area contributed by atoms with Crippen molar-refractivity contribution < 1.29 is 22.7 Å². The van der Waals surface area contributed by atoms with Crippen molar-refractivity contribution in [2.24, 2.45) is 0 Å². The number of nitrogens with one attached hydrogen (secondary N) is 3. The molecule has 0 radical (unpaired) electrons. The predicted octanol–water partition coefficient (Wildman–Crippen LogP) is 1.69. The van der Waals surface area contributed by atoms with E-state index >= 15 is 0 Å². The zero-order valence-electron chi connectivity index (χ0n) is 14.8. The smallest absolute Gasteiger partial charge is 0.315 e. The van der Waals surface area contributed by atoms with Gasteiger partial charge < -0.3 is 20.7 Å². The molecule has 2 fully saturated rings. The van der Waals surface area contributed by atoms with Crippen molar-refractivity contribution >= 4 is 39.1 Å². The van der Waals surface area contributed by atoms with Gasteiger partial charge in [0.2, 0.25) is 5.91 Å². The number of methoxy groups -OCH3 is 1. The molecule has 0 aliphatic carbocycles. The topological polar surface area (TPSA) is 114 Å². The molecular formula is C17H22ClN3O5S. The standard InChI is InChI=1S/C17H22ClN3O5S/c1-26-13-7-6-10(8-11(13)18)19-15(22)5-3-2-4-14-16-12(9-27(14,24)25)20-17(23)21-16/h6-8,12,14,16H,2-5,9H2,1H3,(H,19,22)(H2,20,21,23)/t12-,14-,16-/m1/s1. The highest BCUT2D eigenvalue weighted by Gasteiger charge is 2.51. The monoisotopic (exact) mass is 415 g/mol. The molecule has 2 aliphatic rings. The summed E-state index contributed by atoms with van der Waals surface area (Å²) in [5.74, 6) is 0.332. The fourth-order valence-electron chi connectivity index (χ4n) is 3.60. The van der Waals surface area contributed by atoms with Gasteiger partial charge in [0, 0.05) is 12.1 Å². The van der Waals surface area contributed by atoms with E-state index in [1.807, 2.05) is 0 Å². The molecule has 3 amide bonds. The maximum atomic E-state index is 12.2. The van der Waals surface area contributed by atoms with Gasteiger partial charge in [-0.15, -0.1) is 0 Å². The lowest BCUT2D eigenvalue weighted by molar-refractivity contribution is -0.116. The van der Waals surface area contributed by atoms with Crippen LogP contribution in [0.5, 0.6) is 5.75 Å². The van der Waals surface area contributed by atoms with E-state index in [0.29, 0.717) is 35.7 Å². The number of benzene rings is 1. The van der Waals surface area contributed by atoms with E-state index in [4.69, 9.17) is 16.3 Å². The first kappa shape index (κ1) is 19.8. The Balaban J connectivity index is 1.45. The Hall–Kier alpha value is -2.00. The van der Waals surface area contributed by atoms with E-state index in [9.17, 15) is 18.0 Å². The summed E-state index contributed by atoms with van der Waals surface area (Å²) in [5, 5.41) is 7.89. The second-order valence-corrected chi connectivity index (χ2v) is 9.43. The lowest BCUT2D eigenvalue weighted by Gasteiger charge is -2.16. The Morgan fingerprint density at radius 2 is 2.11 bits per heavy atom. The Morgan fingerprint density at radius 3 is 2.81 bits per heavy atom. The van der Waals surface area contributed by atoms with Crippen LogP contribution in [0.3, 0.4) is 0 Å². The van der Waals surface area contributed by atoms with E-state index < -0.39 is 15.1 Å². The third-order valence-corrected chi connectivity index (χ3v) is 7.47. The number of ether oxygens (including phenoxy) is 1. The molecule has 0 bridgehead atoms. The zero-order valence-corrected chi connectivity index (χ0v) is 16.4. The molecule has 0 unspecified atom stereocenters. The van der Waals surface area contributed by atoms with E-state index in [0.717, 1.165) is 0 Å². The number of carbonyl (C=O) groups is 2. The number of urea groups is 1. The van der Waals surface area contributed by atoms with Crippen LogP contribution < -0.4 is 20.7 Å². The van der Waals surface area contributed by atoms with Crippen LogP contribution in [0.4, 0.5) is 10.5 Å². The average Bonchev–Trinajstić information content (AvgIpc) is 3.03. The molecule has 27 heavy (non-hydrogen) atoms. The summed E-state index contributed by atoms with van der Waals surface area (Å²) in [5.41, 5.74) is 0.576. The second kappa shape index (κ2) is 7.93. The maximum absolute atomic E-state index is 12.2. The zero-order chi connectivity index (χ0) is 19.6. The van der Waals surface area contributed by atoms with Crippen LogP contribution in [-0.4, -0.2) is 50.6 Å². The molecule has 2 heterocycles. The molecule has 8 nitrogen and oxygen atoms in total. The molecule has 10 heteroatoms. The molecule has 3 rings (SSSR count). The van der Waals surface area contributed by atoms with Gasteiger partial charge in [0.25, 0.3) is 0 Å². The van der Waals surface area contributed by atoms with Crippen molar-refractivity contribution in [3.05, 3.63) is 23.2 Å². The van der Waals surface area contributed by atoms with Crippen LogP contribution in [-0.2, 0) is 14.6 Å². The molecule has 1 aromatic carbocycles. The normalized spacial score (nSPS) is 25.4. The van der Waals surface area contributed by atoms with Gasteiger partial charge in [0.15, 0.2) is 9.84 Å². The summed E-state index contributed by atoms with van der Waals surface area (Å²) >= 11 is 6.03. The van der Waals surface area contributed by atoms with E-state index in [1.54, 1.807) is 18.2 Å². The number of halogens is 1. The summed E-state index contributed by atoms with van der Waals surface area (Å²) in [7, 11) is -1.72. The fourth-order valence-corrected chi connectivity index (χ4v) is 6.13. The number of rotatable bonds is 7. The molecule has 148 valence electrons. The van der Waals surface area contributed by atoms with Crippen LogP contribution in [0.2, 0.25) is 5.02 Å². The maximum Gasteiger partial charge on any atom is 0.315 e. The number of amides is 3. The van der Waals surface area contributed by atoms with Gasteiger partial charge in [0.05, 0.1) is 35.2 Å². The minimum Gasteiger partial charge on any atom is -0.495 e. The van der Waals surface area contributed by atoms with E-state index in [-0.39, 0.29) is 36.2 Å².